The van der Waals surface area contributed by atoms with Gasteiger partial charge in [0.1, 0.15) is 23.0 Å². The first-order valence-electron chi connectivity index (χ1n) is 31.1. The standard InChI is InChI=1S/C18H29NO.2C17H27NO.C16H25NO/c1-3-16(2)17-8-10-18(11-9-17)20-15-7-14-19-12-5-4-6-13-19;1-15(2)16-7-9-17(10-8-16)19-14-6-13-18-11-4-3-5-12-18;1-2-7-16-8-10-17(11-9-16)19-15-6-14-18-12-4-3-5-13-18;1-2-15-7-9-16(10-8-15)18-14-6-13-17-11-4-3-5-12-17/h8-11,16H,3-7,12-15H2,1-2H3;7-10,15H,3-6,11-14H2,1-2H3;8-11H,2-7,12-15H2,1H3;7-10H,2-6,11-14H2,1H3. The summed E-state index contributed by atoms with van der Waals surface area (Å²) in [7, 11) is 0. The summed E-state index contributed by atoms with van der Waals surface area (Å²) in [5.41, 5.74) is 5.56. The summed E-state index contributed by atoms with van der Waals surface area (Å²) in [6.45, 7) is 31.7. The van der Waals surface area contributed by atoms with Crippen molar-refractivity contribution in [3.05, 3.63) is 119 Å². The van der Waals surface area contributed by atoms with Crippen LogP contribution >= 0.6 is 0 Å². The summed E-state index contributed by atoms with van der Waals surface area (Å²) in [6.07, 6.45) is 25.8. The molecule has 0 aromatic heterocycles. The predicted molar refractivity (Wildman–Crippen MR) is 324 cm³/mol. The molecule has 424 valence electrons. The van der Waals surface area contributed by atoms with Crippen molar-refractivity contribution in [1.82, 2.24) is 19.6 Å². The molecule has 0 spiro atoms. The Hall–Kier alpha value is -4.08. The Morgan fingerprint density at radius 3 is 0.921 bits per heavy atom. The van der Waals surface area contributed by atoms with Gasteiger partial charge in [0.05, 0.1) is 26.4 Å². The van der Waals surface area contributed by atoms with Gasteiger partial charge >= 0.3 is 0 Å². The summed E-state index contributed by atoms with van der Waals surface area (Å²) in [5.74, 6) is 5.26. The molecular weight excluding hydrogens is 937 g/mol. The van der Waals surface area contributed by atoms with Crippen molar-refractivity contribution in [3.63, 3.8) is 0 Å². The molecule has 0 N–H and O–H groups in total. The van der Waals surface area contributed by atoms with Crippen LogP contribution in [0.15, 0.2) is 97.1 Å². The summed E-state index contributed by atoms with van der Waals surface area (Å²) >= 11 is 0. The Morgan fingerprint density at radius 1 is 0.355 bits per heavy atom. The number of likely N-dealkylation sites (tertiary alicyclic amines) is 4. The van der Waals surface area contributed by atoms with Crippen LogP contribution in [-0.4, -0.2) is 125 Å². The van der Waals surface area contributed by atoms with Crippen LogP contribution in [-0.2, 0) is 12.8 Å². The van der Waals surface area contributed by atoms with Crippen molar-refractivity contribution >= 4 is 0 Å². The van der Waals surface area contributed by atoms with Crippen LogP contribution < -0.4 is 18.9 Å². The van der Waals surface area contributed by atoms with Crippen molar-refractivity contribution in [2.75, 3.05) is 105 Å². The van der Waals surface area contributed by atoms with Crippen LogP contribution in [0, 0.1) is 0 Å². The fraction of sp³-hybridized carbons (Fsp3) is 0.647. The quantitative estimate of drug-likeness (QED) is 0.0577. The lowest BCUT2D eigenvalue weighted by Crippen LogP contribution is -2.31. The summed E-state index contributed by atoms with van der Waals surface area (Å²) in [6, 6.07) is 34.2. The number of ether oxygens (including phenoxy) is 4. The van der Waals surface area contributed by atoms with E-state index in [2.05, 4.69) is 158 Å². The van der Waals surface area contributed by atoms with Gasteiger partial charge in [0.2, 0.25) is 0 Å². The molecule has 4 aliphatic rings. The molecule has 76 heavy (non-hydrogen) atoms. The normalized spacial score (nSPS) is 17.0. The van der Waals surface area contributed by atoms with E-state index in [0.717, 1.165) is 88.0 Å². The zero-order chi connectivity index (χ0) is 53.7. The molecule has 4 saturated heterocycles. The Morgan fingerprint density at radius 2 is 0.645 bits per heavy atom. The van der Waals surface area contributed by atoms with Crippen LogP contribution in [0.3, 0.4) is 0 Å². The van der Waals surface area contributed by atoms with E-state index < -0.39 is 0 Å². The van der Waals surface area contributed by atoms with Crippen molar-refractivity contribution in [3.8, 4) is 23.0 Å². The molecule has 1 atom stereocenters. The number of rotatable bonds is 26. The average Bonchev–Trinajstić information content (AvgIpc) is 3.48. The van der Waals surface area contributed by atoms with Gasteiger partial charge in [-0.3, -0.25) is 0 Å². The van der Waals surface area contributed by atoms with Gasteiger partial charge in [0, 0.05) is 26.2 Å². The van der Waals surface area contributed by atoms with Crippen molar-refractivity contribution in [2.24, 2.45) is 0 Å². The number of aryl methyl sites for hydroxylation is 2. The molecule has 4 aliphatic heterocycles. The van der Waals surface area contributed by atoms with Gasteiger partial charge in [-0.25, -0.2) is 0 Å². The van der Waals surface area contributed by atoms with Gasteiger partial charge in [0.15, 0.2) is 0 Å². The average molecular weight is 1050 g/mol. The fourth-order valence-corrected chi connectivity index (χ4v) is 10.6. The lowest BCUT2D eigenvalue weighted by atomic mass is 9.99. The van der Waals surface area contributed by atoms with Gasteiger partial charge < -0.3 is 38.5 Å². The molecule has 8 nitrogen and oxygen atoms in total. The highest BCUT2D eigenvalue weighted by Crippen LogP contribution is 2.23. The van der Waals surface area contributed by atoms with Gasteiger partial charge in [-0.1, -0.05) is 122 Å². The van der Waals surface area contributed by atoms with E-state index in [1.165, 1.54) is 191 Å². The second-order valence-corrected chi connectivity index (χ2v) is 22.4. The topological polar surface area (TPSA) is 49.9 Å². The first-order valence-corrected chi connectivity index (χ1v) is 31.1. The monoisotopic (exact) mass is 1040 g/mol. The number of piperidine rings is 4. The molecule has 8 rings (SSSR count). The van der Waals surface area contributed by atoms with Gasteiger partial charge in [-0.2, -0.15) is 0 Å². The molecule has 0 radical (unpaired) electrons. The smallest absolute Gasteiger partial charge is 0.119 e. The van der Waals surface area contributed by atoms with Gasteiger partial charge in [0.25, 0.3) is 0 Å². The van der Waals surface area contributed by atoms with Crippen LogP contribution in [0.1, 0.15) is 191 Å². The number of hydrogen-bond acceptors (Lipinski definition) is 8. The molecule has 4 heterocycles. The van der Waals surface area contributed by atoms with Crippen LogP contribution in [0.5, 0.6) is 23.0 Å². The van der Waals surface area contributed by atoms with Crippen molar-refractivity contribution in [1.29, 1.82) is 0 Å². The summed E-state index contributed by atoms with van der Waals surface area (Å²) < 4.78 is 23.2. The molecule has 0 saturated carbocycles. The Labute approximate surface area is 465 Å². The van der Waals surface area contributed by atoms with E-state index >= 15 is 0 Å². The van der Waals surface area contributed by atoms with Crippen molar-refractivity contribution in [2.45, 2.75) is 182 Å². The molecule has 4 fully saturated rings. The van der Waals surface area contributed by atoms with E-state index in [1.54, 1.807) is 0 Å². The third-order valence-electron chi connectivity index (χ3n) is 15.7. The van der Waals surface area contributed by atoms with E-state index in [-0.39, 0.29) is 0 Å². The molecule has 0 amide bonds. The van der Waals surface area contributed by atoms with Crippen LogP contribution in [0.2, 0.25) is 0 Å². The highest BCUT2D eigenvalue weighted by Gasteiger charge is 2.13. The second-order valence-electron chi connectivity index (χ2n) is 22.4. The first-order chi connectivity index (χ1) is 37.3. The van der Waals surface area contributed by atoms with E-state index in [4.69, 9.17) is 18.9 Å². The second kappa shape index (κ2) is 39.3. The third-order valence-corrected chi connectivity index (χ3v) is 15.7. The zero-order valence-electron chi connectivity index (χ0n) is 49.3. The fourth-order valence-electron chi connectivity index (χ4n) is 10.6. The van der Waals surface area contributed by atoms with E-state index in [0.29, 0.717) is 11.8 Å². The predicted octanol–water partition coefficient (Wildman–Crippen LogP) is 15.9. The Bertz CT molecular complexity index is 1970. The highest BCUT2D eigenvalue weighted by molar-refractivity contribution is 5.31. The van der Waals surface area contributed by atoms with Gasteiger partial charge in [-0.05, 0) is 231 Å². The van der Waals surface area contributed by atoms with E-state index in [1.807, 2.05) is 0 Å². The number of benzene rings is 4. The van der Waals surface area contributed by atoms with E-state index in [9.17, 15) is 0 Å². The first kappa shape index (κ1) is 62.8. The van der Waals surface area contributed by atoms with Gasteiger partial charge in [-0.15, -0.1) is 0 Å². The molecule has 0 aliphatic carbocycles. The molecule has 0 bridgehead atoms. The molecular formula is C68H108N4O4. The summed E-state index contributed by atoms with van der Waals surface area (Å²) in [5, 5.41) is 0. The summed E-state index contributed by atoms with van der Waals surface area (Å²) in [4.78, 5) is 10.3. The third kappa shape index (κ3) is 27.0. The lowest BCUT2D eigenvalue weighted by Gasteiger charge is -2.26. The maximum absolute atomic E-state index is 5.84. The maximum atomic E-state index is 5.84. The van der Waals surface area contributed by atoms with Crippen molar-refractivity contribution < 1.29 is 18.9 Å². The maximum Gasteiger partial charge on any atom is 0.119 e. The Balaban J connectivity index is 0.000000187. The minimum Gasteiger partial charge on any atom is -0.494 e. The molecule has 8 heteroatoms. The minimum atomic E-state index is 0.591. The molecule has 1 unspecified atom stereocenters. The highest BCUT2D eigenvalue weighted by atomic mass is 16.5. The minimum absolute atomic E-state index is 0.591. The number of nitrogens with zero attached hydrogens (tertiary/aromatic N) is 4. The lowest BCUT2D eigenvalue weighted by molar-refractivity contribution is 0.205. The molecule has 4 aromatic rings. The number of hydrogen-bond donors (Lipinski definition) is 0. The largest absolute Gasteiger partial charge is 0.494 e. The van der Waals surface area contributed by atoms with Crippen LogP contribution in [0.25, 0.3) is 0 Å². The van der Waals surface area contributed by atoms with Crippen LogP contribution in [0.4, 0.5) is 0 Å². The SMILES string of the molecule is CC(C)c1ccc(OCCCN2CCCCC2)cc1.CCC(C)c1ccc(OCCCN2CCCCC2)cc1.CCCc1ccc(OCCCN2CCCCC2)cc1.CCc1ccc(OCCCN2CCCCC2)cc1. The Kier molecular flexibility index (Phi) is 32.5. The zero-order valence-corrected chi connectivity index (χ0v) is 49.3. The molecule has 4 aromatic carbocycles.